The number of hydrogen-bond donors (Lipinski definition) is 0. The summed E-state index contributed by atoms with van der Waals surface area (Å²) >= 11 is 0. The van der Waals surface area contributed by atoms with Crippen molar-refractivity contribution in [2.45, 2.75) is 13.5 Å². The lowest BCUT2D eigenvalue weighted by Crippen LogP contribution is -2.27. The van der Waals surface area contributed by atoms with Gasteiger partial charge in [0.15, 0.2) is 0 Å². The summed E-state index contributed by atoms with van der Waals surface area (Å²) in [5, 5.41) is 0. The maximum Gasteiger partial charge on any atom is 0.254 e. The van der Waals surface area contributed by atoms with Crippen LogP contribution in [0.4, 0.5) is 0 Å². The first-order valence-corrected chi connectivity index (χ1v) is 5.69. The summed E-state index contributed by atoms with van der Waals surface area (Å²) in [6.45, 7) is 2.27. The summed E-state index contributed by atoms with van der Waals surface area (Å²) in [6.07, 6.45) is 3.56. The average Bonchev–Trinajstić information content (AvgIpc) is 2.33. The van der Waals surface area contributed by atoms with Gasteiger partial charge in [-0.05, 0) is 12.5 Å². The monoisotopic (exact) mass is 246 g/mol. The molecule has 0 saturated heterocycles. The van der Waals surface area contributed by atoms with E-state index in [1.54, 1.807) is 11.1 Å². The van der Waals surface area contributed by atoms with Crippen LogP contribution < -0.4 is 0 Å². The second-order valence-corrected chi connectivity index (χ2v) is 4.34. The number of carbonyl (C=O) groups is 2. The van der Waals surface area contributed by atoms with Gasteiger partial charge in [-0.1, -0.05) is 29.8 Å². The Labute approximate surface area is 108 Å². The Bertz CT molecular complexity index is 453. The van der Waals surface area contributed by atoms with Crippen molar-refractivity contribution in [2.75, 3.05) is 14.1 Å². The molecule has 0 fully saturated rings. The molecule has 0 unspecified atom stereocenters. The van der Waals surface area contributed by atoms with Gasteiger partial charge >= 0.3 is 0 Å². The molecule has 0 heterocycles. The number of hydrogen-bond acceptors (Lipinski definition) is 3. The van der Waals surface area contributed by atoms with Crippen LogP contribution in [0, 0.1) is 6.92 Å². The van der Waals surface area contributed by atoms with Crippen LogP contribution in [0.3, 0.4) is 0 Å². The van der Waals surface area contributed by atoms with E-state index in [2.05, 4.69) is 0 Å². The van der Waals surface area contributed by atoms with Crippen molar-refractivity contribution in [3.8, 4) is 0 Å². The third-order valence-corrected chi connectivity index (χ3v) is 2.36. The summed E-state index contributed by atoms with van der Waals surface area (Å²) in [5.74, 6) is -0.319. The van der Waals surface area contributed by atoms with Crippen LogP contribution in [0.1, 0.15) is 11.1 Å². The molecule has 0 atom stereocenters. The molecule has 0 aliphatic heterocycles. The van der Waals surface area contributed by atoms with Gasteiger partial charge in [0.2, 0.25) is 6.41 Å². The van der Waals surface area contributed by atoms with E-state index >= 15 is 0 Å². The fourth-order valence-corrected chi connectivity index (χ4v) is 1.48. The van der Waals surface area contributed by atoms with Crippen LogP contribution in [0.5, 0.6) is 0 Å². The van der Waals surface area contributed by atoms with Gasteiger partial charge in [0.1, 0.15) is 0 Å². The third-order valence-electron chi connectivity index (χ3n) is 2.36. The van der Waals surface area contributed by atoms with Crippen molar-refractivity contribution in [1.29, 1.82) is 0 Å². The van der Waals surface area contributed by atoms with Crippen molar-refractivity contribution in [1.82, 2.24) is 9.80 Å². The lowest BCUT2D eigenvalue weighted by Gasteiger charge is -2.14. The molecule has 1 aromatic carbocycles. The summed E-state index contributed by atoms with van der Waals surface area (Å²) < 4.78 is 0. The molecular formula is C14H18N2O2. The lowest BCUT2D eigenvalue weighted by molar-refractivity contribution is -0.135. The zero-order valence-corrected chi connectivity index (χ0v) is 11.0. The van der Waals surface area contributed by atoms with Crippen LogP contribution in [-0.2, 0) is 16.1 Å². The van der Waals surface area contributed by atoms with Gasteiger partial charge < -0.3 is 4.90 Å². The molecule has 2 amide bonds. The number of aryl methyl sites for hydroxylation is 1. The highest BCUT2D eigenvalue weighted by Gasteiger charge is 2.10. The highest BCUT2D eigenvalue weighted by atomic mass is 16.2. The van der Waals surface area contributed by atoms with Crippen molar-refractivity contribution in [3.63, 3.8) is 0 Å². The minimum absolute atomic E-state index is 0.293. The molecular weight excluding hydrogens is 228 g/mol. The van der Waals surface area contributed by atoms with Crippen molar-refractivity contribution >= 4 is 12.3 Å². The minimum Gasteiger partial charge on any atom is -0.383 e. The van der Waals surface area contributed by atoms with Gasteiger partial charge in [-0.3, -0.25) is 14.5 Å². The number of nitrogens with zero attached hydrogens (tertiary/aromatic N) is 2. The van der Waals surface area contributed by atoms with Gasteiger partial charge in [-0.15, -0.1) is 0 Å². The van der Waals surface area contributed by atoms with Crippen molar-refractivity contribution in [3.05, 3.63) is 47.7 Å². The zero-order valence-electron chi connectivity index (χ0n) is 11.0. The zero-order chi connectivity index (χ0) is 13.5. The van der Waals surface area contributed by atoms with Gasteiger partial charge in [-0.2, -0.15) is 0 Å². The Morgan fingerprint density at radius 2 is 2.06 bits per heavy atom. The van der Waals surface area contributed by atoms with E-state index < -0.39 is 0 Å². The molecule has 0 N–H and O–H groups in total. The summed E-state index contributed by atoms with van der Waals surface area (Å²) in [5.41, 5.74) is 2.04. The molecule has 4 heteroatoms. The van der Waals surface area contributed by atoms with Crippen LogP contribution >= 0.6 is 0 Å². The van der Waals surface area contributed by atoms with E-state index in [1.807, 2.05) is 45.3 Å². The summed E-state index contributed by atoms with van der Waals surface area (Å²) in [7, 11) is 3.63. The van der Waals surface area contributed by atoms with E-state index in [-0.39, 0.29) is 5.91 Å². The molecule has 0 radical (unpaired) electrons. The van der Waals surface area contributed by atoms with E-state index in [4.69, 9.17) is 0 Å². The molecule has 4 nitrogen and oxygen atoms in total. The Hall–Kier alpha value is -2.10. The molecule has 0 bridgehead atoms. The van der Waals surface area contributed by atoms with E-state index in [0.29, 0.717) is 13.0 Å². The van der Waals surface area contributed by atoms with Crippen LogP contribution in [0.25, 0.3) is 0 Å². The summed E-state index contributed by atoms with van der Waals surface area (Å²) in [4.78, 5) is 25.6. The number of rotatable bonds is 5. The quantitative estimate of drug-likeness (QED) is 0.584. The Balaban J connectivity index is 2.73. The number of benzene rings is 1. The number of carbonyl (C=O) groups excluding carboxylic acids is 2. The first kappa shape index (κ1) is 14.0. The summed E-state index contributed by atoms with van der Waals surface area (Å²) in [6, 6.07) is 7.74. The fraction of sp³-hybridized carbons (Fsp3) is 0.286. The van der Waals surface area contributed by atoms with Crippen LogP contribution in [0.2, 0.25) is 0 Å². The second kappa shape index (κ2) is 6.59. The molecule has 1 aromatic rings. The maximum absolute atomic E-state index is 11.7. The van der Waals surface area contributed by atoms with Crippen molar-refractivity contribution < 1.29 is 9.59 Å². The molecule has 96 valence electrons. The predicted octanol–water partition coefficient (Wildman–Crippen LogP) is 1.56. The molecule has 0 spiro atoms. The van der Waals surface area contributed by atoms with Crippen molar-refractivity contribution in [2.24, 2.45) is 0 Å². The number of imide groups is 1. The molecule has 18 heavy (non-hydrogen) atoms. The molecule has 0 aliphatic carbocycles. The SMILES string of the molecule is Cc1cccc(CN(C=O)C(=O)/C=C\N(C)C)c1. The maximum atomic E-state index is 11.7. The average molecular weight is 246 g/mol. The lowest BCUT2D eigenvalue weighted by atomic mass is 10.1. The van der Waals surface area contributed by atoms with Gasteiger partial charge in [0, 0.05) is 26.4 Å². The van der Waals surface area contributed by atoms with Crippen LogP contribution in [0.15, 0.2) is 36.5 Å². The third kappa shape index (κ3) is 4.41. The molecule has 1 rings (SSSR count). The largest absolute Gasteiger partial charge is 0.383 e. The van der Waals surface area contributed by atoms with E-state index in [0.717, 1.165) is 16.0 Å². The minimum atomic E-state index is -0.319. The van der Waals surface area contributed by atoms with E-state index in [9.17, 15) is 9.59 Å². The first-order valence-electron chi connectivity index (χ1n) is 5.69. The first-order chi connectivity index (χ1) is 8.52. The highest BCUT2D eigenvalue weighted by molar-refractivity contribution is 5.94. The van der Waals surface area contributed by atoms with E-state index in [1.165, 1.54) is 6.08 Å². The smallest absolute Gasteiger partial charge is 0.254 e. The Morgan fingerprint density at radius 1 is 1.33 bits per heavy atom. The molecule has 0 saturated carbocycles. The highest BCUT2D eigenvalue weighted by Crippen LogP contribution is 2.07. The predicted molar refractivity (Wildman–Crippen MR) is 70.6 cm³/mol. The van der Waals surface area contributed by atoms with Gasteiger partial charge in [0.25, 0.3) is 5.91 Å². The normalized spacial score (nSPS) is 10.4. The second-order valence-electron chi connectivity index (χ2n) is 4.34. The van der Waals surface area contributed by atoms with Gasteiger partial charge in [-0.25, -0.2) is 0 Å². The molecule has 0 aliphatic rings. The Morgan fingerprint density at radius 3 is 2.61 bits per heavy atom. The molecule has 0 aromatic heterocycles. The van der Waals surface area contributed by atoms with Crippen LogP contribution in [-0.4, -0.2) is 36.2 Å². The standard InChI is InChI=1S/C14H18N2O2/c1-12-5-4-6-13(9-12)10-16(11-17)14(18)7-8-15(2)3/h4-9,11H,10H2,1-3H3/b8-7-. The fourth-order valence-electron chi connectivity index (χ4n) is 1.48. The van der Waals surface area contributed by atoms with Gasteiger partial charge in [0.05, 0.1) is 6.54 Å². The Kier molecular flexibility index (Phi) is 5.11. The number of amides is 2. The topological polar surface area (TPSA) is 40.6 Å².